The van der Waals surface area contributed by atoms with Crippen molar-refractivity contribution in [2.24, 2.45) is 5.92 Å². The van der Waals surface area contributed by atoms with E-state index in [1.807, 2.05) is 6.08 Å². The summed E-state index contributed by atoms with van der Waals surface area (Å²) < 4.78 is 0. The van der Waals surface area contributed by atoms with Crippen LogP contribution in [0.2, 0.25) is 0 Å². The van der Waals surface area contributed by atoms with Crippen molar-refractivity contribution in [2.75, 3.05) is 5.32 Å². The summed E-state index contributed by atoms with van der Waals surface area (Å²) in [6.07, 6.45) is 2.83. The van der Waals surface area contributed by atoms with Crippen LogP contribution in [0.15, 0.2) is 85.6 Å². The Hall–Kier alpha value is -3.06. The maximum absolute atomic E-state index is 4.26. The largest absolute Gasteiger partial charge is 0.359 e. The molecule has 0 saturated heterocycles. The maximum Gasteiger partial charge on any atom is 0.0382 e. The number of hydrogen-bond donors (Lipinski definition) is 1. The van der Waals surface area contributed by atoms with Gasteiger partial charge in [0.15, 0.2) is 0 Å². The fourth-order valence-corrected chi connectivity index (χ4v) is 3.45. The fraction of sp³-hybridized carbons (Fsp3) is 0.185. The Morgan fingerprint density at radius 1 is 0.964 bits per heavy atom. The molecule has 0 aliphatic heterocycles. The number of nitrogens with one attached hydrogen (secondary N) is 1. The molecule has 1 nitrogen and oxygen atoms in total. The van der Waals surface area contributed by atoms with Gasteiger partial charge in [0.1, 0.15) is 0 Å². The predicted octanol–water partition coefficient (Wildman–Crippen LogP) is 7.42. The molecule has 28 heavy (non-hydrogen) atoms. The summed E-state index contributed by atoms with van der Waals surface area (Å²) >= 11 is 0. The second-order valence-corrected chi connectivity index (χ2v) is 7.60. The van der Waals surface area contributed by atoms with E-state index in [0.29, 0.717) is 5.92 Å². The van der Waals surface area contributed by atoms with Gasteiger partial charge in [0.25, 0.3) is 0 Å². The normalized spacial score (nSPS) is 11.7. The quantitative estimate of drug-likeness (QED) is 0.458. The zero-order valence-electron chi connectivity index (χ0n) is 17.1. The molecule has 1 heteroatoms. The minimum Gasteiger partial charge on any atom is -0.359 e. The van der Waals surface area contributed by atoms with Crippen molar-refractivity contribution < 1.29 is 0 Å². The topological polar surface area (TPSA) is 12.0 Å². The number of rotatable bonds is 7. The minimum absolute atomic E-state index is 0.341. The van der Waals surface area contributed by atoms with Gasteiger partial charge in [0, 0.05) is 11.4 Å². The summed E-state index contributed by atoms with van der Waals surface area (Å²) in [5.74, 6) is 0.341. The molecule has 0 aliphatic rings. The molecule has 3 aromatic rings. The van der Waals surface area contributed by atoms with Crippen LogP contribution in [-0.4, -0.2) is 0 Å². The molecular weight excluding hydrogens is 338 g/mol. The Morgan fingerprint density at radius 2 is 1.64 bits per heavy atom. The molecule has 1 N–H and O–H groups in total. The first kappa shape index (κ1) is 19.7. The molecule has 142 valence electrons. The van der Waals surface area contributed by atoms with Gasteiger partial charge in [-0.2, -0.15) is 0 Å². The van der Waals surface area contributed by atoms with Crippen molar-refractivity contribution in [3.05, 3.63) is 108 Å². The molecule has 0 aromatic heterocycles. The van der Waals surface area contributed by atoms with Gasteiger partial charge in [-0.05, 0) is 66.1 Å². The lowest BCUT2D eigenvalue weighted by Crippen LogP contribution is -2.10. The summed E-state index contributed by atoms with van der Waals surface area (Å²) in [6.45, 7) is 14.6. The Morgan fingerprint density at radius 3 is 2.25 bits per heavy atom. The molecule has 0 fully saturated rings. The lowest BCUT2D eigenvalue weighted by molar-refractivity contribution is 0.684. The van der Waals surface area contributed by atoms with Crippen LogP contribution >= 0.6 is 0 Å². The molecule has 0 heterocycles. The summed E-state index contributed by atoms with van der Waals surface area (Å²) in [7, 11) is 0. The van der Waals surface area contributed by atoms with Crippen LogP contribution < -0.4 is 5.32 Å². The average molecular weight is 368 g/mol. The Balaban J connectivity index is 1.64. The minimum atomic E-state index is 0.341. The van der Waals surface area contributed by atoms with Gasteiger partial charge in [-0.1, -0.05) is 86.3 Å². The van der Waals surface area contributed by atoms with E-state index < -0.39 is 0 Å². The van der Waals surface area contributed by atoms with Gasteiger partial charge < -0.3 is 5.32 Å². The number of anilines is 1. The van der Waals surface area contributed by atoms with Gasteiger partial charge >= 0.3 is 0 Å². The van der Waals surface area contributed by atoms with Crippen LogP contribution in [-0.2, 0) is 6.42 Å². The first-order valence-corrected chi connectivity index (χ1v) is 9.81. The van der Waals surface area contributed by atoms with Crippen molar-refractivity contribution in [3.63, 3.8) is 0 Å². The lowest BCUT2D eigenvalue weighted by atomic mass is 9.97. The highest BCUT2D eigenvalue weighted by atomic mass is 14.9. The third-order valence-corrected chi connectivity index (χ3v) is 5.23. The van der Waals surface area contributed by atoms with E-state index >= 15 is 0 Å². The highest BCUT2D eigenvalue weighted by molar-refractivity contribution is 5.69. The standard InChI is InChI=1S/C27H29N/c1-6-23-8-10-24(11-9-23)18-20(3)22(5)28-26-14-12-25(13-15-26)27-16-7-19(2)17-21(27)4/h6-17,20,28H,1,5,18H2,2-4H3. The van der Waals surface area contributed by atoms with Crippen molar-refractivity contribution in [2.45, 2.75) is 27.2 Å². The van der Waals surface area contributed by atoms with Gasteiger partial charge in [-0.25, -0.2) is 0 Å². The second kappa shape index (κ2) is 8.75. The van der Waals surface area contributed by atoms with Gasteiger partial charge in [0.05, 0.1) is 0 Å². The first-order chi connectivity index (χ1) is 13.5. The Labute approximate surface area is 169 Å². The van der Waals surface area contributed by atoms with E-state index in [9.17, 15) is 0 Å². The van der Waals surface area contributed by atoms with E-state index in [1.54, 1.807) is 0 Å². The third kappa shape index (κ3) is 4.80. The van der Waals surface area contributed by atoms with Crippen LogP contribution in [0.1, 0.15) is 29.2 Å². The molecular formula is C27H29N. The van der Waals surface area contributed by atoms with E-state index in [2.05, 4.69) is 106 Å². The highest BCUT2D eigenvalue weighted by Gasteiger charge is 2.09. The van der Waals surface area contributed by atoms with E-state index in [0.717, 1.165) is 23.4 Å². The Bertz CT molecular complexity index is 962. The van der Waals surface area contributed by atoms with Crippen LogP contribution in [0.4, 0.5) is 5.69 Å². The maximum atomic E-state index is 4.26. The van der Waals surface area contributed by atoms with Crippen LogP contribution in [0.25, 0.3) is 17.2 Å². The summed E-state index contributed by atoms with van der Waals surface area (Å²) in [5.41, 5.74) is 9.70. The van der Waals surface area contributed by atoms with E-state index in [-0.39, 0.29) is 0 Å². The second-order valence-electron chi connectivity index (χ2n) is 7.60. The zero-order chi connectivity index (χ0) is 20.1. The zero-order valence-corrected chi connectivity index (χ0v) is 17.1. The van der Waals surface area contributed by atoms with Crippen molar-refractivity contribution in [1.82, 2.24) is 0 Å². The smallest absolute Gasteiger partial charge is 0.0382 e. The summed E-state index contributed by atoms with van der Waals surface area (Å²) in [6, 6.07) is 23.7. The molecule has 0 spiro atoms. The van der Waals surface area contributed by atoms with Crippen LogP contribution in [0, 0.1) is 19.8 Å². The lowest BCUT2D eigenvalue weighted by Gasteiger charge is -2.18. The number of aryl methyl sites for hydroxylation is 2. The number of allylic oxidation sites excluding steroid dienone is 1. The molecule has 0 amide bonds. The van der Waals surface area contributed by atoms with Crippen molar-refractivity contribution in [3.8, 4) is 11.1 Å². The molecule has 0 radical (unpaired) electrons. The van der Waals surface area contributed by atoms with E-state index in [4.69, 9.17) is 0 Å². The molecule has 0 saturated carbocycles. The van der Waals surface area contributed by atoms with Crippen LogP contribution in [0.5, 0.6) is 0 Å². The SMILES string of the molecule is C=Cc1ccc(CC(C)C(=C)Nc2ccc(-c3ccc(C)cc3C)cc2)cc1. The summed E-state index contributed by atoms with van der Waals surface area (Å²) in [4.78, 5) is 0. The van der Waals surface area contributed by atoms with Gasteiger partial charge in [-0.15, -0.1) is 0 Å². The molecule has 0 bridgehead atoms. The van der Waals surface area contributed by atoms with Crippen LogP contribution in [0.3, 0.4) is 0 Å². The van der Waals surface area contributed by atoms with E-state index in [1.165, 1.54) is 27.8 Å². The first-order valence-electron chi connectivity index (χ1n) is 9.81. The average Bonchev–Trinajstić information content (AvgIpc) is 2.69. The van der Waals surface area contributed by atoms with Crippen molar-refractivity contribution >= 4 is 11.8 Å². The third-order valence-electron chi connectivity index (χ3n) is 5.23. The molecule has 1 atom stereocenters. The van der Waals surface area contributed by atoms with Crippen molar-refractivity contribution in [1.29, 1.82) is 0 Å². The van der Waals surface area contributed by atoms with Gasteiger partial charge in [0.2, 0.25) is 0 Å². The molecule has 3 aromatic carbocycles. The van der Waals surface area contributed by atoms with Gasteiger partial charge in [-0.3, -0.25) is 0 Å². The number of hydrogen-bond acceptors (Lipinski definition) is 1. The molecule has 0 aliphatic carbocycles. The number of benzene rings is 3. The highest BCUT2D eigenvalue weighted by Crippen LogP contribution is 2.26. The molecule has 1 unspecified atom stereocenters. The predicted molar refractivity (Wildman–Crippen MR) is 124 cm³/mol. The molecule has 3 rings (SSSR count). The summed E-state index contributed by atoms with van der Waals surface area (Å²) in [5, 5.41) is 3.48. The monoisotopic (exact) mass is 367 g/mol. The Kier molecular flexibility index (Phi) is 6.16. The fourth-order valence-electron chi connectivity index (χ4n) is 3.45.